The van der Waals surface area contributed by atoms with E-state index in [0.29, 0.717) is 17.1 Å². The molecule has 0 saturated heterocycles. The van der Waals surface area contributed by atoms with Crippen LogP contribution in [0, 0.1) is 0 Å². The number of ether oxygens (including phenoxy) is 1. The summed E-state index contributed by atoms with van der Waals surface area (Å²) in [7, 11) is -1.97. The maximum absolute atomic E-state index is 12.1. The first-order chi connectivity index (χ1) is 9.50. The highest BCUT2D eigenvalue weighted by Crippen LogP contribution is 2.25. The molecular formula is C14H16N2O3S. The molecule has 2 aromatic carbocycles. The van der Waals surface area contributed by atoms with Crippen LogP contribution >= 0.6 is 0 Å². The SMILES string of the molecule is COc1ccc(NS(=O)(=O)Cc2ccccc2)cc1N. The topological polar surface area (TPSA) is 81.4 Å². The predicted molar refractivity (Wildman–Crippen MR) is 80.1 cm³/mol. The van der Waals surface area contributed by atoms with Crippen molar-refractivity contribution in [2.45, 2.75) is 5.75 Å². The number of methoxy groups -OCH3 is 1. The van der Waals surface area contributed by atoms with E-state index in [1.807, 2.05) is 6.07 Å². The zero-order valence-electron chi connectivity index (χ0n) is 11.0. The molecule has 0 radical (unpaired) electrons. The summed E-state index contributed by atoms with van der Waals surface area (Å²) in [6.07, 6.45) is 0. The zero-order chi connectivity index (χ0) is 14.6. The standard InChI is InChI=1S/C14H16N2O3S/c1-19-14-8-7-12(9-13(14)15)16-20(17,18)10-11-5-3-2-4-6-11/h2-9,16H,10,15H2,1H3. The molecule has 0 unspecified atom stereocenters. The molecule has 0 bridgehead atoms. The minimum Gasteiger partial charge on any atom is -0.495 e. The molecule has 0 aromatic heterocycles. The highest BCUT2D eigenvalue weighted by Gasteiger charge is 2.12. The smallest absolute Gasteiger partial charge is 0.236 e. The summed E-state index contributed by atoms with van der Waals surface area (Å²) in [6, 6.07) is 13.7. The van der Waals surface area contributed by atoms with Gasteiger partial charge in [-0.25, -0.2) is 8.42 Å². The van der Waals surface area contributed by atoms with Crippen LogP contribution in [0.4, 0.5) is 11.4 Å². The molecule has 0 aliphatic rings. The number of hydrogen-bond donors (Lipinski definition) is 2. The molecule has 106 valence electrons. The number of nitrogens with two attached hydrogens (primary N) is 1. The number of nitrogen functional groups attached to an aromatic ring is 1. The van der Waals surface area contributed by atoms with Crippen molar-refractivity contribution in [2.24, 2.45) is 0 Å². The van der Waals surface area contributed by atoms with E-state index in [1.165, 1.54) is 13.2 Å². The molecule has 5 nitrogen and oxygen atoms in total. The van der Waals surface area contributed by atoms with Crippen molar-refractivity contribution in [1.29, 1.82) is 0 Å². The second-order valence-electron chi connectivity index (χ2n) is 4.30. The molecule has 2 rings (SSSR count). The van der Waals surface area contributed by atoms with Crippen LogP contribution in [-0.2, 0) is 15.8 Å². The second kappa shape index (κ2) is 5.83. The van der Waals surface area contributed by atoms with Gasteiger partial charge in [0, 0.05) is 0 Å². The number of rotatable bonds is 5. The molecule has 20 heavy (non-hydrogen) atoms. The summed E-state index contributed by atoms with van der Waals surface area (Å²) in [5.41, 5.74) is 7.26. The Balaban J connectivity index is 2.14. The lowest BCUT2D eigenvalue weighted by molar-refractivity contribution is 0.417. The number of hydrogen-bond acceptors (Lipinski definition) is 4. The fraction of sp³-hybridized carbons (Fsp3) is 0.143. The lowest BCUT2D eigenvalue weighted by Crippen LogP contribution is -2.15. The summed E-state index contributed by atoms with van der Waals surface area (Å²) in [5, 5.41) is 0. The Kier molecular flexibility index (Phi) is 4.14. The average Bonchev–Trinajstić information content (AvgIpc) is 2.39. The first kappa shape index (κ1) is 14.2. The van der Waals surface area contributed by atoms with E-state index >= 15 is 0 Å². The van der Waals surface area contributed by atoms with Gasteiger partial charge in [-0.1, -0.05) is 30.3 Å². The van der Waals surface area contributed by atoms with Gasteiger partial charge in [0.2, 0.25) is 10.0 Å². The Hall–Kier alpha value is -2.21. The maximum Gasteiger partial charge on any atom is 0.236 e. The Morgan fingerprint density at radius 1 is 1.15 bits per heavy atom. The lowest BCUT2D eigenvalue weighted by atomic mass is 10.2. The lowest BCUT2D eigenvalue weighted by Gasteiger charge is -2.10. The minimum absolute atomic E-state index is 0.0836. The molecule has 0 spiro atoms. The summed E-state index contributed by atoms with van der Waals surface area (Å²) in [6.45, 7) is 0. The van der Waals surface area contributed by atoms with Gasteiger partial charge in [0.1, 0.15) is 5.75 Å². The van der Waals surface area contributed by atoms with E-state index in [1.54, 1.807) is 36.4 Å². The molecule has 3 N–H and O–H groups in total. The van der Waals surface area contributed by atoms with Gasteiger partial charge in [0.25, 0.3) is 0 Å². The zero-order valence-corrected chi connectivity index (χ0v) is 11.9. The number of sulfonamides is 1. The minimum atomic E-state index is -3.47. The number of benzene rings is 2. The Morgan fingerprint density at radius 3 is 2.45 bits per heavy atom. The third-order valence-electron chi connectivity index (χ3n) is 2.70. The fourth-order valence-corrected chi connectivity index (χ4v) is 3.00. The van der Waals surface area contributed by atoms with Crippen molar-refractivity contribution in [3.8, 4) is 5.75 Å². The molecule has 0 heterocycles. The largest absolute Gasteiger partial charge is 0.495 e. The highest BCUT2D eigenvalue weighted by atomic mass is 32.2. The van der Waals surface area contributed by atoms with Crippen molar-refractivity contribution in [3.05, 3.63) is 54.1 Å². The Labute approximate surface area is 118 Å². The van der Waals surface area contributed by atoms with Gasteiger partial charge in [-0.2, -0.15) is 0 Å². The third kappa shape index (κ3) is 3.64. The monoisotopic (exact) mass is 292 g/mol. The van der Waals surface area contributed by atoms with Gasteiger partial charge in [-0.15, -0.1) is 0 Å². The van der Waals surface area contributed by atoms with Gasteiger partial charge in [-0.3, -0.25) is 4.72 Å². The van der Waals surface area contributed by atoms with Crippen molar-refractivity contribution in [1.82, 2.24) is 0 Å². The molecule has 0 amide bonds. The first-order valence-corrected chi connectivity index (χ1v) is 7.63. The number of anilines is 2. The average molecular weight is 292 g/mol. The van der Waals surface area contributed by atoms with E-state index in [4.69, 9.17) is 10.5 Å². The normalized spacial score (nSPS) is 11.1. The number of nitrogens with one attached hydrogen (secondary N) is 1. The van der Waals surface area contributed by atoms with Gasteiger partial charge in [-0.05, 0) is 23.8 Å². The predicted octanol–water partition coefficient (Wildman–Crippen LogP) is 2.22. The van der Waals surface area contributed by atoms with Crippen LogP contribution in [0.3, 0.4) is 0 Å². The van der Waals surface area contributed by atoms with Crippen molar-refractivity contribution >= 4 is 21.4 Å². The fourth-order valence-electron chi connectivity index (χ4n) is 1.81. The van der Waals surface area contributed by atoms with Crippen LogP contribution in [0.5, 0.6) is 5.75 Å². The molecule has 0 fully saturated rings. The Bertz CT molecular complexity index is 685. The maximum atomic E-state index is 12.1. The van der Waals surface area contributed by atoms with Gasteiger partial charge in [0.05, 0.1) is 24.2 Å². The van der Waals surface area contributed by atoms with E-state index < -0.39 is 10.0 Å². The summed E-state index contributed by atoms with van der Waals surface area (Å²) in [5.74, 6) is 0.427. The van der Waals surface area contributed by atoms with Gasteiger partial charge in [0.15, 0.2) is 0 Å². The first-order valence-electron chi connectivity index (χ1n) is 5.98. The van der Waals surface area contributed by atoms with Crippen LogP contribution in [0.15, 0.2) is 48.5 Å². The molecule has 6 heteroatoms. The summed E-state index contributed by atoms with van der Waals surface area (Å²) in [4.78, 5) is 0. The van der Waals surface area contributed by atoms with Crippen LogP contribution in [0.2, 0.25) is 0 Å². The van der Waals surface area contributed by atoms with E-state index in [2.05, 4.69) is 4.72 Å². The highest BCUT2D eigenvalue weighted by molar-refractivity contribution is 7.91. The summed E-state index contributed by atoms with van der Waals surface area (Å²) >= 11 is 0. The van der Waals surface area contributed by atoms with Crippen molar-refractivity contribution in [3.63, 3.8) is 0 Å². The molecule has 0 aliphatic heterocycles. The van der Waals surface area contributed by atoms with E-state index in [-0.39, 0.29) is 5.75 Å². The van der Waals surface area contributed by atoms with Crippen LogP contribution in [-0.4, -0.2) is 15.5 Å². The summed E-state index contributed by atoms with van der Waals surface area (Å²) < 4.78 is 31.6. The van der Waals surface area contributed by atoms with Crippen LogP contribution in [0.1, 0.15) is 5.56 Å². The van der Waals surface area contributed by atoms with Crippen molar-refractivity contribution in [2.75, 3.05) is 17.6 Å². The van der Waals surface area contributed by atoms with Crippen LogP contribution in [0.25, 0.3) is 0 Å². The Morgan fingerprint density at radius 2 is 1.85 bits per heavy atom. The third-order valence-corrected chi connectivity index (χ3v) is 3.96. The van der Waals surface area contributed by atoms with E-state index in [0.717, 1.165) is 5.56 Å². The second-order valence-corrected chi connectivity index (χ2v) is 6.03. The molecule has 0 aliphatic carbocycles. The van der Waals surface area contributed by atoms with Crippen LogP contribution < -0.4 is 15.2 Å². The van der Waals surface area contributed by atoms with Gasteiger partial charge >= 0.3 is 0 Å². The molecule has 0 atom stereocenters. The molecule has 2 aromatic rings. The van der Waals surface area contributed by atoms with Crippen molar-refractivity contribution < 1.29 is 13.2 Å². The molecule has 0 saturated carbocycles. The quantitative estimate of drug-likeness (QED) is 0.828. The van der Waals surface area contributed by atoms with Gasteiger partial charge < -0.3 is 10.5 Å². The van der Waals surface area contributed by atoms with E-state index in [9.17, 15) is 8.42 Å². The molecular weight excluding hydrogens is 276 g/mol.